The van der Waals surface area contributed by atoms with Crippen LogP contribution in [-0.4, -0.2) is 75.0 Å². The van der Waals surface area contributed by atoms with Gasteiger partial charge in [-0.2, -0.15) is 0 Å². The number of H-pyrrole nitrogens is 1. The van der Waals surface area contributed by atoms with Gasteiger partial charge in [0, 0.05) is 12.0 Å². The van der Waals surface area contributed by atoms with Crippen molar-refractivity contribution >= 4 is 0 Å². The molecular formula is C23H26N2O7. The minimum Gasteiger partial charge on any atom is -0.497 e. The molecule has 0 radical (unpaired) electrons. The van der Waals surface area contributed by atoms with E-state index in [9.17, 15) is 20.4 Å². The molecule has 0 aliphatic carbocycles. The third-order valence-corrected chi connectivity index (χ3v) is 5.51. The number of aromatic amines is 1. The predicted molar refractivity (Wildman–Crippen MR) is 114 cm³/mol. The Hall–Kier alpha value is -2.95. The van der Waals surface area contributed by atoms with Crippen molar-refractivity contribution in [2.75, 3.05) is 13.7 Å². The van der Waals surface area contributed by atoms with Gasteiger partial charge in [-0.15, -0.1) is 5.10 Å². The van der Waals surface area contributed by atoms with Crippen LogP contribution in [0.4, 0.5) is 0 Å². The van der Waals surface area contributed by atoms with Gasteiger partial charge in [-0.1, -0.05) is 42.5 Å². The van der Waals surface area contributed by atoms with Crippen molar-refractivity contribution in [3.05, 3.63) is 65.7 Å². The minimum absolute atomic E-state index is 0.184. The number of nitrogens with one attached hydrogen (secondary N) is 1. The van der Waals surface area contributed by atoms with Crippen LogP contribution in [0.2, 0.25) is 0 Å². The van der Waals surface area contributed by atoms with Crippen LogP contribution in [0.25, 0.3) is 11.3 Å². The summed E-state index contributed by atoms with van der Waals surface area (Å²) in [5.41, 5.74) is 3.33. The van der Waals surface area contributed by atoms with Crippen LogP contribution >= 0.6 is 0 Å². The summed E-state index contributed by atoms with van der Waals surface area (Å²) >= 11 is 0. The summed E-state index contributed by atoms with van der Waals surface area (Å²) in [5, 5.41) is 47.1. The highest BCUT2D eigenvalue weighted by Gasteiger charge is 2.45. The van der Waals surface area contributed by atoms with Crippen LogP contribution in [-0.2, 0) is 11.2 Å². The average molecular weight is 442 g/mol. The first kappa shape index (κ1) is 22.3. The van der Waals surface area contributed by atoms with Gasteiger partial charge < -0.3 is 34.6 Å². The Morgan fingerprint density at radius 3 is 2.34 bits per heavy atom. The number of benzene rings is 2. The summed E-state index contributed by atoms with van der Waals surface area (Å²) in [6.07, 6.45) is -6.48. The molecule has 1 aromatic heterocycles. The molecule has 2 aromatic carbocycles. The van der Waals surface area contributed by atoms with E-state index in [2.05, 4.69) is 10.2 Å². The molecule has 170 valence electrons. The molecule has 32 heavy (non-hydrogen) atoms. The molecule has 0 bridgehead atoms. The van der Waals surface area contributed by atoms with E-state index in [-0.39, 0.29) is 5.88 Å². The number of rotatable bonds is 7. The van der Waals surface area contributed by atoms with Gasteiger partial charge in [-0.05, 0) is 23.3 Å². The maximum Gasteiger partial charge on any atom is 0.239 e. The second-order valence-electron chi connectivity index (χ2n) is 7.59. The summed E-state index contributed by atoms with van der Waals surface area (Å²) in [6.45, 7) is -0.542. The van der Waals surface area contributed by atoms with E-state index < -0.39 is 37.3 Å². The summed E-state index contributed by atoms with van der Waals surface area (Å²) in [4.78, 5) is 0. The van der Waals surface area contributed by atoms with E-state index in [4.69, 9.17) is 14.2 Å². The molecule has 0 saturated carbocycles. The highest BCUT2D eigenvalue weighted by atomic mass is 16.7. The Balaban J connectivity index is 1.66. The molecule has 1 saturated heterocycles. The smallest absolute Gasteiger partial charge is 0.239 e. The van der Waals surface area contributed by atoms with Gasteiger partial charge in [-0.3, -0.25) is 5.10 Å². The van der Waals surface area contributed by atoms with E-state index in [0.29, 0.717) is 6.42 Å². The fraction of sp³-hybridized carbons (Fsp3) is 0.348. The molecule has 2 heterocycles. The monoisotopic (exact) mass is 442 g/mol. The predicted octanol–water partition coefficient (Wildman–Crippen LogP) is 0.855. The van der Waals surface area contributed by atoms with Gasteiger partial charge in [0.2, 0.25) is 12.2 Å². The molecule has 1 fully saturated rings. The van der Waals surface area contributed by atoms with Crippen LogP contribution in [0.5, 0.6) is 11.6 Å². The number of aliphatic hydroxyl groups excluding tert-OH is 4. The van der Waals surface area contributed by atoms with Crippen molar-refractivity contribution in [2.24, 2.45) is 0 Å². The second-order valence-corrected chi connectivity index (χ2v) is 7.59. The number of hydrogen-bond acceptors (Lipinski definition) is 8. The largest absolute Gasteiger partial charge is 0.497 e. The molecule has 0 spiro atoms. The standard InChI is InChI=1S/C23H26N2O7/c1-30-15-9-7-13(8-10-15)11-16-18(14-5-3-2-4-6-14)24-25-22(16)32-23-21(29)20(28)19(27)17(12-26)31-23/h2-10,17,19-21,23,26-29H,11-12H2,1H3,(H,24,25)/t17-,19-,20+,21-,23+/m1/s1. The number of ether oxygens (including phenoxy) is 3. The van der Waals surface area contributed by atoms with E-state index >= 15 is 0 Å². The van der Waals surface area contributed by atoms with Crippen molar-refractivity contribution in [2.45, 2.75) is 37.1 Å². The summed E-state index contributed by atoms with van der Waals surface area (Å²) in [7, 11) is 1.60. The third kappa shape index (κ3) is 4.47. The maximum atomic E-state index is 10.4. The summed E-state index contributed by atoms with van der Waals surface area (Å²) in [6, 6.07) is 17.2. The summed E-state index contributed by atoms with van der Waals surface area (Å²) in [5.74, 6) is 0.922. The van der Waals surface area contributed by atoms with Gasteiger partial charge in [0.15, 0.2) is 0 Å². The molecule has 5 N–H and O–H groups in total. The van der Waals surface area contributed by atoms with Gasteiger partial charge in [-0.25, -0.2) is 0 Å². The number of hydrogen-bond donors (Lipinski definition) is 5. The zero-order valence-corrected chi connectivity index (χ0v) is 17.5. The Labute approximate surface area is 184 Å². The normalized spacial score (nSPS) is 25.5. The lowest BCUT2D eigenvalue weighted by Gasteiger charge is -2.39. The molecule has 5 atom stereocenters. The van der Waals surface area contributed by atoms with Crippen LogP contribution in [0, 0.1) is 0 Å². The Morgan fingerprint density at radius 2 is 1.69 bits per heavy atom. The van der Waals surface area contributed by atoms with Gasteiger partial charge in [0.05, 0.1) is 19.4 Å². The van der Waals surface area contributed by atoms with Crippen LogP contribution < -0.4 is 9.47 Å². The molecule has 1 aliphatic heterocycles. The molecule has 0 amide bonds. The zero-order chi connectivity index (χ0) is 22.7. The maximum absolute atomic E-state index is 10.4. The lowest BCUT2D eigenvalue weighted by atomic mass is 9.99. The molecule has 9 heteroatoms. The number of aliphatic hydroxyl groups is 4. The van der Waals surface area contributed by atoms with Gasteiger partial charge >= 0.3 is 0 Å². The Bertz CT molecular complexity index is 1010. The van der Waals surface area contributed by atoms with E-state index in [1.54, 1.807) is 7.11 Å². The highest BCUT2D eigenvalue weighted by molar-refractivity contribution is 5.66. The number of methoxy groups -OCH3 is 1. The molecule has 4 rings (SSSR count). The SMILES string of the molecule is COc1ccc(Cc2c(O[C@@H]3O[C@H](CO)[C@@H](O)[C@H](O)[C@H]3O)n[nH]c2-c2ccccc2)cc1. The fourth-order valence-electron chi connectivity index (χ4n) is 3.68. The second kappa shape index (κ2) is 9.68. The molecule has 9 nitrogen and oxygen atoms in total. The Kier molecular flexibility index (Phi) is 6.73. The van der Waals surface area contributed by atoms with Crippen LogP contribution in [0.3, 0.4) is 0 Å². The molecule has 1 aliphatic rings. The highest BCUT2D eigenvalue weighted by Crippen LogP contribution is 2.33. The molecule has 3 aromatic rings. The topological polar surface area (TPSA) is 137 Å². The number of aromatic nitrogens is 2. The van der Waals surface area contributed by atoms with E-state index in [1.807, 2.05) is 54.6 Å². The molecular weight excluding hydrogens is 416 g/mol. The third-order valence-electron chi connectivity index (χ3n) is 5.51. The van der Waals surface area contributed by atoms with E-state index in [0.717, 1.165) is 28.1 Å². The molecule has 0 unspecified atom stereocenters. The van der Waals surface area contributed by atoms with Crippen molar-refractivity contribution in [3.63, 3.8) is 0 Å². The fourth-order valence-corrected chi connectivity index (χ4v) is 3.68. The zero-order valence-electron chi connectivity index (χ0n) is 17.5. The first-order valence-corrected chi connectivity index (χ1v) is 10.2. The van der Waals surface area contributed by atoms with Crippen molar-refractivity contribution in [1.82, 2.24) is 10.2 Å². The van der Waals surface area contributed by atoms with E-state index in [1.165, 1.54) is 0 Å². The first-order chi connectivity index (χ1) is 15.5. The first-order valence-electron chi connectivity index (χ1n) is 10.2. The lowest BCUT2D eigenvalue weighted by Crippen LogP contribution is -2.60. The van der Waals surface area contributed by atoms with Gasteiger partial charge in [0.25, 0.3) is 0 Å². The number of nitrogens with zero attached hydrogens (tertiary/aromatic N) is 1. The Morgan fingerprint density at radius 1 is 0.969 bits per heavy atom. The van der Waals surface area contributed by atoms with Crippen molar-refractivity contribution in [3.8, 4) is 22.9 Å². The van der Waals surface area contributed by atoms with Gasteiger partial charge in [0.1, 0.15) is 30.2 Å². The van der Waals surface area contributed by atoms with Crippen molar-refractivity contribution in [1.29, 1.82) is 0 Å². The average Bonchev–Trinajstić information content (AvgIpc) is 3.22. The van der Waals surface area contributed by atoms with Crippen molar-refractivity contribution < 1.29 is 34.6 Å². The summed E-state index contributed by atoms with van der Waals surface area (Å²) < 4.78 is 16.6. The van der Waals surface area contributed by atoms with Crippen LogP contribution in [0.1, 0.15) is 11.1 Å². The minimum atomic E-state index is -1.54. The quantitative estimate of drug-likeness (QED) is 0.363. The lowest BCUT2D eigenvalue weighted by molar-refractivity contribution is -0.278. The van der Waals surface area contributed by atoms with Crippen LogP contribution in [0.15, 0.2) is 54.6 Å².